The van der Waals surface area contributed by atoms with E-state index in [4.69, 9.17) is 0 Å². The number of carbonyl (C=O) groups excluding carboxylic acids is 1. The molecule has 17 heavy (non-hydrogen) atoms. The minimum Gasteiger partial charge on any atom is -0.349 e. The van der Waals surface area contributed by atoms with Crippen molar-refractivity contribution >= 4 is 42.1 Å². The third-order valence-corrected chi connectivity index (χ3v) is 3.00. The van der Waals surface area contributed by atoms with E-state index in [0.717, 1.165) is 18.2 Å². The maximum Gasteiger partial charge on any atom is 0.234 e. The summed E-state index contributed by atoms with van der Waals surface area (Å²) in [6.07, 6.45) is 2.63. The second-order valence-corrected chi connectivity index (χ2v) is 4.55. The van der Waals surface area contributed by atoms with E-state index in [1.807, 2.05) is 5.38 Å². The van der Waals surface area contributed by atoms with Crippen LogP contribution in [0.5, 0.6) is 0 Å². The molecule has 0 aliphatic heterocycles. The van der Waals surface area contributed by atoms with Gasteiger partial charge in [-0.3, -0.25) is 4.79 Å². The number of nitrogens with zero attached hydrogens (tertiary/aromatic N) is 1. The van der Waals surface area contributed by atoms with Crippen LogP contribution in [0.15, 0.2) is 10.9 Å². The van der Waals surface area contributed by atoms with Gasteiger partial charge in [0.25, 0.3) is 0 Å². The quantitative estimate of drug-likeness (QED) is 0.839. The van der Waals surface area contributed by atoms with Crippen LogP contribution in [0.2, 0.25) is 0 Å². The Morgan fingerprint density at radius 1 is 1.47 bits per heavy atom. The Hall–Kier alpha value is -0.360. The molecule has 1 aliphatic rings. The van der Waals surface area contributed by atoms with Crippen molar-refractivity contribution in [1.29, 1.82) is 0 Å². The lowest BCUT2D eigenvalue weighted by Crippen LogP contribution is -2.34. The highest BCUT2D eigenvalue weighted by Crippen LogP contribution is 2.27. The number of amides is 1. The van der Waals surface area contributed by atoms with E-state index < -0.39 is 0 Å². The standard InChI is InChI=1S/C10H15N3OS.2ClH/c14-10(5-11-3-8-1-2-8)12-4-9-6-15-7-13-9;;/h6-8,11H,1-5H2,(H,12,14);2*1H. The van der Waals surface area contributed by atoms with Crippen molar-refractivity contribution in [1.82, 2.24) is 15.6 Å². The summed E-state index contributed by atoms with van der Waals surface area (Å²) in [7, 11) is 0. The molecule has 0 saturated heterocycles. The van der Waals surface area contributed by atoms with Crippen LogP contribution < -0.4 is 10.6 Å². The molecule has 2 N–H and O–H groups in total. The topological polar surface area (TPSA) is 54.0 Å². The Labute approximate surface area is 117 Å². The van der Waals surface area contributed by atoms with E-state index in [9.17, 15) is 4.79 Å². The van der Waals surface area contributed by atoms with Gasteiger partial charge in [0.05, 0.1) is 24.3 Å². The van der Waals surface area contributed by atoms with Gasteiger partial charge in [-0.05, 0) is 25.3 Å². The van der Waals surface area contributed by atoms with Crippen molar-refractivity contribution in [2.75, 3.05) is 13.1 Å². The first-order chi connectivity index (χ1) is 7.34. The van der Waals surface area contributed by atoms with E-state index in [2.05, 4.69) is 15.6 Å². The molecule has 0 atom stereocenters. The number of hydrogen-bond donors (Lipinski definition) is 2. The molecular formula is C10H17Cl2N3OS. The molecule has 4 nitrogen and oxygen atoms in total. The van der Waals surface area contributed by atoms with E-state index in [0.29, 0.717) is 13.1 Å². The maximum atomic E-state index is 11.3. The highest BCUT2D eigenvalue weighted by molar-refractivity contribution is 7.07. The Morgan fingerprint density at radius 2 is 2.24 bits per heavy atom. The van der Waals surface area contributed by atoms with Crippen LogP contribution in [0.4, 0.5) is 0 Å². The fourth-order valence-corrected chi connectivity index (χ4v) is 1.85. The van der Waals surface area contributed by atoms with Gasteiger partial charge in [-0.15, -0.1) is 36.2 Å². The fraction of sp³-hybridized carbons (Fsp3) is 0.600. The zero-order chi connectivity index (χ0) is 10.5. The third kappa shape index (κ3) is 6.83. The van der Waals surface area contributed by atoms with Crippen LogP contribution in [0.25, 0.3) is 0 Å². The number of carbonyl (C=O) groups is 1. The SMILES string of the molecule is Cl.Cl.O=C(CNCC1CC1)NCc1cscn1. The first-order valence-corrected chi connectivity index (χ1v) is 6.13. The number of thiazole rings is 1. The van der Waals surface area contributed by atoms with Gasteiger partial charge in [-0.1, -0.05) is 0 Å². The molecule has 0 radical (unpaired) electrons. The predicted octanol–water partition coefficient (Wildman–Crippen LogP) is 1.60. The van der Waals surface area contributed by atoms with Crippen molar-refractivity contribution in [3.05, 3.63) is 16.6 Å². The fourth-order valence-electron chi connectivity index (χ4n) is 1.29. The Kier molecular flexibility index (Phi) is 8.51. The van der Waals surface area contributed by atoms with Crippen molar-refractivity contribution in [2.45, 2.75) is 19.4 Å². The lowest BCUT2D eigenvalue weighted by Gasteiger charge is -2.04. The summed E-state index contributed by atoms with van der Waals surface area (Å²) >= 11 is 1.54. The first-order valence-electron chi connectivity index (χ1n) is 5.19. The Balaban J connectivity index is 0.00000128. The highest BCUT2D eigenvalue weighted by Gasteiger charge is 2.20. The van der Waals surface area contributed by atoms with Crippen LogP contribution in [-0.2, 0) is 11.3 Å². The smallest absolute Gasteiger partial charge is 0.234 e. The molecule has 1 aromatic heterocycles. The van der Waals surface area contributed by atoms with Gasteiger partial charge in [0.1, 0.15) is 0 Å². The molecule has 2 rings (SSSR count). The molecule has 1 fully saturated rings. The second-order valence-electron chi connectivity index (χ2n) is 3.83. The van der Waals surface area contributed by atoms with E-state index >= 15 is 0 Å². The molecule has 1 aromatic rings. The van der Waals surface area contributed by atoms with Gasteiger partial charge < -0.3 is 10.6 Å². The number of nitrogens with one attached hydrogen (secondary N) is 2. The number of rotatable bonds is 6. The molecule has 0 unspecified atom stereocenters. The molecule has 1 saturated carbocycles. The highest BCUT2D eigenvalue weighted by atomic mass is 35.5. The summed E-state index contributed by atoms with van der Waals surface area (Å²) < 4.78 is 0. The molecular weight excluding hydrogens is 281 g/mol. The molecule has 0 spiro atoms. The lowest BCUT2D eigenvalue weighted by atomic mass is 10.4. The van der Waals surface area contributed by atoms with Crippen LogP contribution in [0.3, 0.4) is 0 Å². The Bertz CT molecular complexity index is 317. The number of halogens is 2. The lowest BCUT2D eigenvalue weighted by molar-refractivity contribution is -0.120. The van der Waals surface area contributed by atoms with E-state index in [-0.39, 0.29) is 30.7 Å². The van der Waals surface area contributed by atoms with Gasteiger partial charge in [0.2, 0.25) is 5.91 Å². The van der Waals surface area contributed by atoms with Crippen LogP contribution in [0.1, 0.15) is 18.5 Å². The molecule has 1 aliphatic carbocycles. The Morgan fingerprint density at radius 3 is 2.82 bits per heavy atom. The molecule has 0 aromatic carbocycles. The zero-order valence-electron chi connectivity index (χ0n) is 9.35. The summed E-state index contributed by atoms with van der Waals surface area (Å²) in [6.45, 7) is 1.93. The zero-order valence-corrected chi connectivity index (χ0v) is 11.8. The minimum absolute atomic E-state index is 0. The average molecular weight is 298 g/mol. The molecule has 98 valence electrons. The molecule has 1 amide bonds. The summed E-state index contributed by atoms with van der Waals surface area (Å²) in [5.41, 5.74) is 2.70. The van der Waals surface area contributed by atoms with E-state index in [1.54, 1.807) is 16.8 Å². The molecule has 7 heteroatoms. The van der Waals surface area contributed by atoms with Gasteiger partial charge in [-0.25, -0.2) is 4.98 Å². The minimum atomic E-state index is 0. The normalized spacial score (nSPS) is 13.4. The third-order valence-electron chi connectivity index (χ3n) is 2.37. The monoisotopic (exact) mass is 297 g/mol. The number of aromatic nitrogens is 1. The summed E-state index contributed by atoms with van der Waals surface area (Å²) in [5, 5.41) is 7.91. The maximum absolute atomic E-state index is 11.3. The van der Waals surface area contributed by atoms with Gasteiger partial charge in [-0.2, -0.15) is 0 Å². The molecule has 1 heterocycles. The summed E-state index contributed by atoms with van der Waals surface area (Å²) in [4.78, 5) is 15.4. The predicted molar refractivity (Wildman–Crippen MR) is 74.1 cm³/mol. The van der Waals surface area contributed by atoms with Crippen molar-refractivity contribution < 1.29 is 4.79 Å². The summed E-state index contributed by atoms with van der Waals surface area (Å²) in [6, 6.07) is 0. The van der Waals surface area contributed by atoms with Crippen molar-refractivity contribution in [3.8, 4) is 0 Å². The van der Waals surface area contributed by atoms with Crippen molar-refractivity contribution in [2.24, 2.45) is 5.92 Å². The van der Waals surface area contributed by atoms with Gasteiger partial charge >= 0.3 is 0 Å². The van der Waals surface area contributed by atoms with Gasteiger partial charge in [0, 0.05) is 5.38 Å². The average Bonchev–Trinajstić information content (AvgIpc) is 2.91. The first kappa shape index (κ1) is 16.6. The molecule has 0 bridgehead atoms. The van der Waals surface area contributed by atoms with Gasteiger partial charge in [0.15, 0.2) is 0 Å². The summed E-state index contributed by atoms with van der Waals surface area (Å²) in [5.74, 6) is 0.861. The van der Waals surface area contributed by atoms with Crippen LogP contribution in [-0.4, -0.2) is 24.0 Å². The number of hydrogen-bond acceptors (Lipinski definition) is 4. The second kappa shape index (κ2) is 8.69. The van der Waals surface area contributed by atoms with E-state index in [1.165, 1.54) is 12.8 Å². The van der Waals surface area contributed by atoms with Crippen LogP contribution >= 0.6 is 36.2 Å². The van der Waals surface area contributed by atoms with Crippen molar-refractivity contribution in [3.63, 3.8) is 0 Å². The largest absolute Gasteiger partial charge is 0.349 e. The van der Waals surface area contributed by atoms with Crippen LogP contribution in [0, 0.1) is 5.92 Å².